The molecule has 2 aromatic carbocycles. The third kappa shape index (κ3) is 6.06. The van der Waals surface area contributed by atoms with Gasteiger partial charge in [0.25, 0.3) is 11.6 Å². The third-order valence-corrected chi connectivity index (χ3v) is 3.41. The number of rotatable bonds is 6. The minimum Gasteiger partial charge on any atom is -0.326 e. The number of carbonyl (C=O) groups excluding carboxylic acids is 3. The van der Waals surface area contributed by atoms with Crippen molar-refractivity contribution in [2.45, 2.75) is 13.8 Å². The quantitative estimate of drug-likeness (QED) is 0.402. The molecule has 3 N–H and O–H groups in total. The van der Waals surface area contributed by atoms with E-state index in [1.165, 1.54) is 38.1 Å². The Labute approximate surface area is 160 Å². The minimum absolute atomic E-state index is 0.0704. The number of nitro groups is 1. The minimum atomic E-state index is -0.603. The van der Waals surface area contributed by atoms with Gasteiger partial charge in [-0.3, -0.25) is 24.5 Å². The molecule has 0 saturated carbocycles. The molecule has 0 unspecified atom stereocenters. The van der Waals surface area contributed by atoms with Gasteiger partial charge in [-0.25, -0.2) is 0 Å². The summed E-state index contributed by atoms with van der Waals surface area (Å²) < 4.78 is 0. The van der Waals surface area contributed by atoms with Crippen LogP contribution in [-0.2, 0) is 14.4 Å². The number of amides is 3. The molecule has 2 rings (SSSR count). The first kappa shape index (κ1) is 20.3. The fourth-order valence-corrected chi connectivity index (χ4v) is 2.28. The van der Waals surface area contributed by atoms with Gasteiger partial charge in [0, 0.05) is 37.4 Å². The lowest BCUT2D eigenvalue weighted by molar-refractivity contribution is -0.384. The Balaban J connectivity index is 2.23. The molecule has 9 nitrogen and oxygen atoms in total. The monoisotopic (exact) mass is 382 g/mol. The van der Waals surface area contributed by atoms with Gasteiger partial charge in [-0.15, -0.1) is 0 Å². The van der Waals surface area contributed by atoms with E-state index in [2.05, 4.69) is 16.0 Å². The van der Waals surface area contributed by atoms with Crippen molar-refractivity contribution in [3.8, 4) is 0 Å². The molecule has 0 fully saturated rings. The second-order valence-corrected chi connectivity index (χ2v) is 5.80. The van der Waals surface area contributed by atoms with Crippen molar-refractivity contribution in [1.29, 1.82) is 0 Å². The van der Waals surface area contributed by atoms with Gasteiger partial charge in [0.2, 0.25) is 11.8 Å². The number of carbonyl (C=O) groups is 3. The Bertz CT molecular complexity index is 951. The standard InChI is InChI=1S/C19H18N4O5/c1-12(24)20-15-6-8-16(9-7-15)22-19(26)18(21-13(2)25)11-14-4-3-5-17(10-14)23(27)28/h3-11H,1-2H3,(H,20,24)(H,21,25)(H,22,26)/b18-11+. The number of benzene rings is 2. The van der Waals surface area contributed by atoms with E-state index in [0.717, 1.165) is 0 Å². The molecule has 0 bridgehead atoms. The fourth-order valence-electron chi connectivity index (χ4n) is 2.28. The summed E-state index contributed by atoms with van der Waals surface area (Å²) in [6, 6.07) is 12.1. The number of hydrogen-bond donors (Lipinski definition) is 3. The third-order valence-electron chi connectivity index (χ3n) is 3.41. The van der Waals surface area contributed by atoms with E-state index in [4.69, 9.17) is 0 Å². The molecular formula is C19H18N4O5. The topological polar surface area (TPSA) is 130 Å². The highest BCUT2D eigenvalue weighted by atomic mass is 16.6. The van der Waals surface area contributed by atoms with Crippen LogP contribution in [0, 0.1) is 10.1 Å². The van der Waals surface area contributed by atoms with Gasteiger partial charge in [0.1, 0.15) is 5.70 Å². The molecule has 0 spiro atoms. The second kappa shape index (κ2) is 9.08. The van der Waals surface area contributed by atoms with Crippen LogP contribution in [0.4, 0.5) is 17.1 Å². The molecule has 28 heavy (non-hydrogen) atoms. The Morgan fingerprint density at radius 3 is 2.07 bits per heavy atom. The first-order valence-corrected chi connectivity index (χ1v) is 8.17. The number of anilines is 2. The van der Waals surface area contributed by atoms with Gasteiger partial charge in [-0.1, -0.05) is 12.1 Å². The second-order valence-electron chi connectivity index (χ2n) is 5.80. The Morgan fingerprint density at radius 2 is 1.54 bits per heavy atom. The summed E-state index contributed by atoms with van der Waals surface area (Å²) >= 11 is 0. The van der Waals surface area contributed by atoms with Crippen molar-refractivity contribution in [3.05, 3.63) is 69.9 Å². The van der Waals surface area contributed by atoms with Crippen molar-refractivity contribution in [2.75, 3.05) is 10.6 Å². The van der Waals surface area contributed by atoms with Gasteiger partial charge in [-0.05, 0) is 35.9 Å². The van der Waals surface area contributed by atoms with Crippen LogP contribution in [0.3, 0.4) is 0 Å². The molecule has 0 aliphatic heterocycles. The van der Waals surface area contributed by atoms with Gasteiger partial charge >= 0.3 is 0 Å². The zero-order valence-electron chi connectivity index (χ0n) is 15.2. The van der Waals surface area contributed by atoms with Gasteiger partial charge in [0.05, 0.1) is 4.92 Å². The molecule has 144 valence electrons. The van der Waals surface area contributed by atoms with E-state index in [0.29, 0.717) is 16.9 Å². The summed E-state index contributed by atoms with van der Waals surface area (Å²) in [6.45, 7) is 2.63. The largest absolute Gasteiger partial charge is 0.326 e. The Morgan fingerprint density at radius 1 is 0.929 bits per heavy atom. The van der Waals surface area contributed by atoms with Crippen molar-refractivity contribution < 1.29 is 19.3 Å². The van der Waals surface area contributed by atoms with Gasteiger partial charge < -0.3 is 16.0 Å². The number of nitrogens with zero attached hydrogens (tertiary/aromatic N) is 1. The molecule has 0 aliphatic carbocycles. The molecule has 0 saturated heterocycles. The Hall–Kier alpha value is -4.01. The fraction of sp³-hybridized carbons (Fsp3) is 0.105. The van der Waals surface area contributed by atoms with E-state index in [1.54, 1.807) is 30.3 Å². The van der Waals surface area contributed by atoms with Crippen LogP contribution in [0.1, 0.15) is 19.4 Å². The van der Waals surface area contributed by atoms with Gasteiger partial charge in [-0.2, -0.15) is 0 Å². The maximum Gasteiger partial charge on any atom is 0.272 e. The molecule has 0 radical (unpaired) electrons. The average Bonchev–Trinajstić information content (AvgIpc) is 2.62. The zero-order chi connectivity index (χ0) is 20.7. The highest BCUT2D eigenvalue weighted by Crippen LogP contribution is 2.17. The summed E-state index contributed by atoms with van der Waals surface area (Å²) in [5, 5.41) is 18.5. The Kier molecular flexibility index (Phi) is 6.58. The first-order valence-electron chi connectivity index (χ1n) is 8.17. The lowest BCUT2D eigenvalue weighted by Crippen LogP contribution is -2.28. The molecule has 2 aromatic rings. The van der Waals surface area contributed by atoms with E-state index >= 15 is 0 Å². The summed E-state index contributed by atoms with van der Waals surface area (Å²) in [7, 11) is 0. The number of nitro benzene ring substituents is 1. The normalized spacial score (nSPS) is 10.7. The van der Waals surface area contributed by atoms with Crippen molar-refractivity contribution in [3.63, 3.8) is 0 Å². The summed E-state index contributed by atoms with van der Waals surface area (Å²) in [4.78, 5) is 45.4. The SMILES string of the molecule is CC(=O)N/C(=C/c1cccc([N+](=O)[O-])c1)C(=O)Nc1ccc(NC(C)=O)cc1. The van der Waals surface area contributed by atoms with Crippen molar-refractivity contribution in [1.82, 2.24) is 5.32 Å². The number of nitrogens with one attached hydrogen (secondary N) is 3. The molecule has 0 heterocycles. The van der Waals surface area contributed by atoms with E-state index in [-0.39, 0.29) is 17.3 Å². The predicted molar refractivity (Wildman–Crippen MR) is 104 cm³/mol. The molecule has 0 aliphatic rings. The van der Waals surface area contributed by atoms with Crippen LogP contribution in [-0.4, -0.2) is 22.6 Å². The summed E-state index contributed by atoms with van der Waals surface area (Å²) in [6.07, 6.45) is 1.34. The van der Waals surface area contributed by atoms with E-state index in [9.17, 15) is 24.5 Å². The summed E-state index contributed by atoms with van der Waals surface area (Å²) in [5.41, 5.74) is 1.19. The highest BCUT2D eigenvalue weighted by Gasteiger charge is 2.13. The van der Waals surface area contributed by atoms with Crippen LogP contribution in [0.25, 0.3) is 6.08 Å². The van der Waals surface area contributed by atoms with Gasteiger partial charge in [0.15, 0.2) is 0 Å². The van der Waals surface area contributed by atoms with E-state index in [1.807, 2.05) is 0 Å². The maximum absolute atomic E-state index is 12.5. The highest BCUT2D eigenvalue weighted by molar-refractivity contribution is 6.08. The zero-order valence-corrected chi connectivity index (χ0v) is 15.2. The van der Waals surface area contributed by atoms with Crippen molar-refractivity contribution in [2.24, 2.45) is 0 Å². The van der Waals surface area contributed by atoms with E-state index < -0.39 is 16.7 Å². The van der Waals surface area contributed by atoms with Crippen LogP contribution in [0.2, 0.25) is 0 Å². The van der Waals surface area contributed by atoms with Crippen LogP contribution in [0.15, 0.2) is 54.2 Å². The lowest BCUT2D eigenvalue weighted by Gasteiger charge is -2.10. The summed E-state index contributed by atoms with van der Waals surface area (Å²) in [5.74, 6) is -1.29. The van der Waals surface area contributed by atoms with Crippen LogP contribution >= 0.6 is 0 Å². The molecule has 3 amide bonds. The first-order chi connectivity index (χ1) is 13.2. The number of hydrogen-bond acceptors (Lipinski definition) is 5. The average molecular weight is 382 g/mol. The number of non-ortho nitro benzene ring substituents is 1. The smallest absolute Gasteiger partial charge is 0.272 e. The predicted octanol–water partition coefficient (Wildman–Crippen LogP) is 2.67. The molecule has 0 aromatic heterocycles. The lowest BCUT2D eigenvalue weighted by atomic mass is 10.1. The maximum atomic E-state index is 12.5. The molecular weight excluding hydrogens is 364 g/mol. The van der Waals surface area contributed by atoms with Crippen LogP contribution in [0.5, 0.6) is 0 Å². The van der Waals surface area contributed by atoms with Crippen molar-refractivity contribution >= 4 is 40.9 Å². The van der Waals surface area contributed by atoms with Crippen LogP contribution < -0.4 is 16.0 Å². The molecule has 9 heteroatoms. The molecule has 0 atom stereocenters.